The van der Waals surface area contributed by atoms with Crippen molar-refractivity contribution in [3.63, 3.8) is 0 Å². The normalized spacial score (nSPS) is 11.3. The van der Waals surface area contributed by atoms with Crippen LogP contribution in [0.4, 0.5) is 0 Å². The minimum atomic E-state index is -0.170. The summed E-state index contributed by atoms with van der Waals surface area (Å²) < 4.78 is 5.26. The van der Waals surface area contributed by atoms with Crippen molar-refractivity contribution < 1.29 is 9.53 Å². The molecule has 0 saturated carbocycles. The van der Waals surface area contributed by atoms with E-state index in [-0.39, 0.29) is 11.2 Å². The molecule has 0 bridgehead atoms. The summed E-state index contributed by atoms with van der Waals surface area (Å²) in [5, 5.41) is 0. The Hall–Kier alpha value is -1.45. The zero-order valence-corrected chi connectivity index (χ0v) is 9.79. The zero-order chi connectivity index (χ0) is 11.6. The van der Waals surface area contributed by atoms with Gasteiger partial charge in [-0.15, -0.1) is 0 Å². The van der Waals surface area contributed by atoms with E-state index >= 15 is 0 Å². The first-order valence-corrected chi connectivity index (χ1v) is 4.78. The molecule has 0 atom stereocenters. The Morgan fingerprint density at radius 3 is 2.27 bits per heavy atom. The second kappa shape index (κ2) is 3.96. The highest BCUT2D eigenvalue weighted by molar-refractivity contribution is 5.69. The quantitative estimate of drug-likeness (QED) is 0.696. The van der Waals surface area contributed by atoms with Gasteiger partial charge in [-0.3, -0.25) is 4.79 Å². The summed E-state index contributed by atoms with van der Waals surface area (Å²) in [5.74, 6) is 0.867. The third kappa shape index (κ3) is 2.32. The molecule has 0 aliphatic heterocycles. The molecule has 1 heterocycles. The fourth-order valence-corrected chi connectivity index (χ4v) is 1.39. The van der Waals surface area contributed by atoms with Crippen molar-refractivity contribution in [2.24, 2.45) is 0 Å². The van der Waals surface area contributed by atoms with Crippen molar-refractivity contribution in [2.45, 2.75) is 33.1 Å². The van der Waals surface area contributed by atoms with E-state index < -0.39 is 0 Å². The minimum Gasteiger partial charge on any atom is -0.493 e. The number of methoxy groups -OCH3 is 1. The SMILES string of the molecule is COc1c(C)nc(C=O)nc1C(C)(C)C. The van der Waals surface area contributed by atoms with Crippen LogP contribution in [-0.2, 0) is 5.41 Å². The van der Waals surface area contributed by atoms with E-state index in [9.17, 15) is 4.79 Å². The van der Waals surface area contributed by atoms with Crippen molar-refractivity contribution in [1.82, 2.24) is 9.97 Å². The number of carbonyl (C=O) groups excluding carboxylic acids is 1. The van der Waals surface area contributed by atoms with Gasteiger partial charge in [-0.1, -0.05) is 20.8 Å². The average molecular weight is 208 g/mol. The van der Waals surface area contributed by atoms with E-state index in [4.69, 9.17) is 4.74 Å². The van der Waals surface area contributed by atoms with E-state index in [1.807, 2.05) is 27.7 Å². The summed E-state index contributed by atoms with van der Waals surface area (Å²) in [5.41, 5.74) is 1.29. The van der Waals surface area contributed by atoms with E-state index in [2.05, 4.69) is 9.97 Å². The largest absolute Gasteiger partial charge is 0.493 e. The molecule has 0 spiro atoms. The maximum atomic E-state index is 10.7. The van der Waals surface area contributed by atoms with Crippen molar-refractivity contribution in [3.8, 4) is 5.75 Å². The molecule has 1 rings (SSSR count). The summed E-state index contributed by atoms with van der Waals surface area (Å²) >= 11 is 0. The van der Waals surface area contributed by atoms with Gasteiger partial charge in [0, 0.05) is 5.41 Å². The zero-order valence-electron chi connectivity index (χ0n) is 9.79. The van der Waals surface area contributed by atoms with E-state index in [1.54, 1.807) is 7.11 Å². The van der Waals surface area contributed by atoms with Crippen LogP contribution in [-0.4, -0.2) is 23.4 Å². The number of hydrogen-bond acceptors (Lipinski definition) is 4. The summed E-state index contributed by atoms with van der Waals surface area (Å²) in [6.45, 7) is 7.87. The second-order valence-corrected chi connectivity index (χ2v) is 4.42. The summed E-state index contributed by atoms with van der Waals surface area (Å²) in [6.07, 6.45) is 0.654. The van der Waals surface area contributed by atoms with Gasteiger partial charge < -0.3 is 4.74 Å². The number of nitrogens with zero attached hydrogens (tertiary/aromatic N) is 2. The molecule has 4 heteroatoms. The van der Waals surface area contributed by atoms with Gasteiger partial charge >= 0.3 is 0 Å². The molecule has 0 N–H and O–H groups in total. The van der Waals surface area contributed by atoms with Crippen LogP contribution < -0.4 is 4.74 Å². The smallest absolute Gasteiger partial charge is 0.193 e. The number of rotatable bonds is 2. The lowest BCUT2D eigenvalue weighted by Crippen LogP contribution is -2.18. The number of ether oxygens (including phenoxy) is 1. The molecule has 0 saturated heterocycles. The second-order valence-electron chi connectivity index (χ2n) is 4.42. The third-order valence-corrected chi connectivity index (χ3v) is 2.07. The monoisotopic (exact) mass is 208 g/mol. The van der Waals surface area contributed by atoms with E-state index in [0.29, 0.717) is 17.7 Å². The fourth-order valence-electron chi connectivity index (χ4n) is 1.39. The molecular weight excluding hydrogens is 192 g/mol. The van der Waals surface area contributed by atoms with Crippen molar-refractivity contribution >= 4 is 6.29 Å². The van der Waals surface area contributed by atoms with E-state index in [1.165, 1.54) is 0 Å². The third-order valence-electron chi connectivity index (χ3n) is 2.07. The Balaban J connectivity index is 3.45. The Kier molecular flexibility index (Phi) is 3.07. The maximum absolute atomic E-state index is 10.7. The van der Waals surface area contributed by atoms with Crippen LogP contribution in [0.3, 0.4) is 0 Å². The first-order valence-electron chi connectivity index (χ1n) is 4.78. The Bertz CT molecular complexity index is 381. The molecule has 0 aromatic carbocycles. The van der Waals surface area contributed by atoms with Gasteiger partial charge in [0.15, 0.2) is 17.9 Å². The molecule has 1 aromatic heterocycles. The number of hydrogen-bond donors (Lipinski definition) is 0. The molecule has 0 fully saturated rings. The van der Waals surface area contributed by atoms with Crippen LogP contribution in [0.25, 0.3) is 0 Å². The molecule has 0 aliphatic carbocycles. The molecule has 0 unspecified atom stereocenters. The standard InChI is InChI=1S/C11H16N2O2/c1-7-9(15-5)10(11(2,3)4)13-8(6-14)12-7/h6H,1-5H3. The lowest BCUT2D eigenvalue weighted by molar-refractivity contribution is 0.111. The number of aromatic nitrogens is 2. The summed E-state index contributed by atoms with van der Waals surface area (Å²) in [4.78, 5) is 18.9. The Labute approximate surface area is 89.7 Å². The van der Waals surface area contributed by atoms with Crippen molar-refractivity contribution in [1.29, 1.82) is 0 Å². The van der Waals surface area contributed by atoms with Gasteiger partial charge in [0.25, 0.3) is 0 Å². The summed E-state index contributed by atoms with van der Waals surface area (Å²) in [6, 6.07) is 0. The van der Waals surface area contributed by atoms with Crippen LogP contribution in [0.2, 0.25) is 0 Å². The average Bonchev–Trinajstić information content (AvgIpc) is 2.15. The van der Waals surface area contributed by atoms with Crippen LogP contribution in [0.5, 0.6) is 5.75 Å². The van der Waals surface area contributed by atoms with Gasteiger partial charge in [0.1, 0.15) is 0 Å². The van der Waals surface area contributed by atoms with Gasteiger partial charge in [0.2, 0.25) is 0 Å². The minimum absolute atomic E-state index is 0.170. The van der Waals surface area contributed by atoms with Crippen LogP contribution in [0, 0.1) is 6.92 Å². The highest BCUT2D eigenvalue weighted by Gasteiger charge is 2.23. The van der Waals surface area contributed by atoms with Gasteiger partial charge in [-0.2, -0.15) is 0 Å². The first kappa shape index (κ1) is 11.6. The predicted molar refractivity (Wildman–Crippen MR) is 57.4 cm³/mol. The lowest BCUT2D eigenvalue weighted by atomic mass is 9.90. The predicted octanol–water partition coefficient (Wildman–Crippen LogP) is 1.90. The fraction of sp³-hybridized carbons (Fsp3) is 0.545. The van der Waals surface area contributed by atoms with E-state index in [0.717, 1.165) is 5.69 Å². The van der Waals surface area contributed by atoms with Crippen molar-refractivity contribution in [3.05, 3.63) is 17.2 Å². The Morgan fingerprint density at radius 2 is 1.87 bits per heavy atom. The first-order chi connectivity index (χ1) is 6.90. The summed E-state index contributed by atoms with van der Waals surface area (Å²) in [7, 11) is 1.58. The number of aldehydes is 1. The molecule has 0 radical (unpaired) electrons. The molecule has 15 heavy (non-hydrogen) atoms. The highest BCUT2D eigenvalue weighted by atomic mass is 16.5. The lowest BCUT2D eigenvalue weighted by Gasteiger charge is -2.21. The molecule has 1 aromatic rings. The van der Waals surface area contributed by atoms with Crippen LogP contribution in [0.15, 0.2) is 0 Å². The molecule has 4 nitrogen and oxygen atoms in total. The van der Waals surface area contributed by atoms with Gasteiger partial charge in [-0.05, 0) is 6.92 Å². The molecule has 0 amide bonds. The molecular formula is C11H16N2O2. The maximum Gasteiger partial charge on any atom is 0.193 e. The van der Waals surface area contributed by atoms with Gasteiger partial charge in [-0.25, -0.2) is 9.97 Å². The van der Waals surface area contributed by atoms with Gasteiger partial charge in [0.05, 0.1) is 18.5 Å². The molecule has 82 valence electrons. The molecule has 0 aliphatic rings. The number of carbonyl (C=O) groups is 1. The highest BCUT2D eigenvalue weighted by Crippen LogP contribution is 2.30. The van der Waals surface area contributed by atoms with Crippen LogP contribution >= 0.6 is 0 Å². The van der Waals surface area contributed by atoms with Crippen LogP contribution in [0.1, 0.15) is 42.8 Å². The van der Waals surface area contributed by atoms with Crippen molar-refractivity contribution in [2.75, 3.05) is 7.11 Å². The number of aryl methyl sites for hydroxylation is 1. The Morgan fingerprint density at radius 1 is 1.27 bits per heavy atom. The topological polar surface area (TPSA) is 52.1 Å².